The first-order valence-corrected chi connectivity index (χ1v) is 8.71. The highest BCUT2D eigenvalue weighted by molar-refractivity contribution is 5.97. The highest BCUT2D eigenvalue weighted by Crippen LogP contribution is 2.40. The van der Waals surface area contributed by atoms with Gasteiger partial charge in [-0.1, -0.05) is 0 Å². The molecule has 0 aromatic carbocycles. The van der Waals surface area contributed by atoms with Crippen LogP contribution in [0, 0.1) is 5.41 Å². The van der Waals surface area contributed by atoms with Crippen LogP contribution in [0.2, 0.25) is 0 Å². The number of rotatable bonds is 2. The number of nitrogens with zero attached hydrogens (tertiary/aromatic N) is 5. The number of aromatic nitrogens is 3. The second kappa shape index (κ2) is 5.77. The Kier molecular flexibility index (Phi) is 3.72. The first-order chi connectivity index (χ1) is 11.6. The van der Waals surface area contributed by atoms with Gasteiger partial charge in [-0.15, -0.1) is 0 Å². The van der Waals surface area contributed by atoms with Crippen LogP contribution in [0.4, 0.5) is 0 Å². The Morgan fingerprint density at radius 2 is 1.75 bits per heavy atom. The lowest BCUT2D eigenvalue weighted by Crippen LogP contribution is -2.40. The topological polar surface area (TPSA) is 46.3 Å². The highest BCUT2D eigenvalue weighted by atomic mass is 16.2. The van der Waals surface area contributed by atoms with E-state index in [0.29, 0.717) is 11.0 Å². The average Bonchev–Trinajstić information content (AvgIpc) is 3.30. The van der Waals surface area contributed by atoms with Crippen LogP contribution in [-0.4, -0.2) is 63.3 Å². The van der Waals surface area contributed by atoms with E-state index in [1.807, 2.05) is 41.0 Å². The molecular weight excluding hydrogens is 302 g/mol. The number of carbonyl (C=O) groups is 1. The maximum atomic E-state index is 13.1. The zero-order valence-corrected chi connectivity index (χ0v) is 14.5. The Bertz CT molecular complexity index is 725. The van der Waals surface area contributed by atoms with Crippen molar-refractivity contribution in [2.24, 2.45) is 12.5 Å². The van der Waals surface area contributed by atoms with E-state index in [4.69, 9.17) is 0 Å². The molecule has 2 saturated heterocycles. The zero-order valence-electron chi connectivity index (χ0n) is 14.5. The Hall–Kier alpha value is -2.08. The maximum absolute atomic E-state index is 13.1. The molecule has 0 bridgehead atoms. The van der Waals surface area contributed by atoms with Gasteiger partial charge in [0.2, 0.25) is 0 Å². The van der Waals surface area contributed by atoms with Gasteiger partial charge in [0, 0.05) is 32.5 Å². The van der Waals surface area contributed by atoms with Crippen LogP contribution in [0.15, 0.2) is 30.7 Å². The highest BCUT2D eigenvalue weighted by Gasteiger charge is 2.42. The predicted molar refractivity (Wildman–Crippen MR) is 92.2 cm³/mol. The average molecular weight is 327 g/mol. The van der Waals surface area contributed by atoms with Crippen LogP contribution in [0.3, 0.4) is 0 Å². The minimum atomic E-state index is 0.114. The molecule has 128 valence electrons. The summed E-state index contributed by atoms with van der Waals surface area (Å²) in [5, 5.41) is 4.32. The van der Waals surface area contributed by atoms with Crippen molar-refractivity contribution in [1.29, 1.82) is 0 Å². The second-order valence-corrected chi connectivity index (χ2v) is 7.38. The van der Waals surface area contributed by atoms with Crippen molar-refractivity contribution < 1.29 is 4.79 Å². The normalized spacial score (nSPS) is 20.8. The van der Waals surface area contributed by atoms with Crippen LogP contribution in [0.5, 0.6) is 0 Å². The fraction of sp³-hybridized carbons (Fsp3) is 0.556. The Labute approximate surface area is 142 Å². The van der Waals surface area contributed by atoms with E-state index in [1.165, 1.54) is 12.8 Å². The lowest BCUT2D eigenvalue weighted by Gasteiger charge is -2.37. The Morgan fingerprint density at radius 1 is 1.08 bits per heavy atom. The molecule has 4 rings (SSSR count). The molecule has 6 nitrogen and oxygen atoms in total. The van der Waals surface area contributed by atoms with Gasteiger partial charge in [-0.2, -0.15) is 5.10 Å². The molecule has 0 unspecified atom stereocenters. The third-order valence-corrected chi connectivity index (χ3v) is 5.76. The van der Waals surface area contributed by atoms with Crippen LogP contribution in [0.25, 0.3) is 5.82 Å². The number of likely N-dealkylation sites (tertiary alicyclic amines) is 2. The van der Waals surface area contributed by atoms with Crippen molar-refractivity contribution in [3.8, 4) is 5.82 Å². The smallest absolute Gasteiger partial charge is 0.259 e. The molecular formula is C18H25N5O. The van der Waals surface area contributed by atoms with E-state index < -0.39 is 0 Å². The molecule has 0 atom stereocenters. The van der Waals surface area contributed by atoms with Crippen LogP contribution in [0.1, 0.15) is 29.6 Å². The summed E-state index contributed by atoms with van der Waals surface area (Å²) in [7, 11) is 4.07. The van der Waals surface area contributed by atoms with E-state index in [-0.39, 0.29) is 5.91 Å². The van der Waals surface area contributed by atoms with Gasteiger partial charge in [-0.05, 0) is 56.9 Å². The predicted octanol–water partition coefficient (Wildman–Crippen LogP) is 1.77. The van der Waals surface area contributed by atoms with E-state index in [2.05, 4.69) is 17.0 Å². The van der Waals surface area contributed by atoms with Crippen molar-refractivity contribution in [3.63, 3.8) is 0 Å². The van der Waals surface area contributed by atoms with Gasteiger partial charge in [0.05, 0.1) is 6.20 Å². The summed E-state index contributed by atoms with van der Waals surface area (Å²) in [6.45, 7) is 4.04. The van der Waals surface area contributed by atoms with Crippen LogP contribution in [-0.2, 0) is 7.05 Å². The molecule has 1 spiro atoms. The molecule has 0 saturated carbocycles. The Morgan fingerprint density at radius 3 is 2.46 bits per heavy atom. The van der Waals surface area contributed by atoms with Crippen molar-refractivity contribution in [2.75, 3.05) is 33.2 Å². The summed E-state index contributed by atoms with van der Waals surface area (Å²) in [5.74, 6) is 0.955. The first kappa shape index (κ1) is 15.4. The summed E-state index contributed by atoms with van der Waals surface area (Å²) in [6.07, 6.45) is 9.14. The van der Waals surface area contributed by atoms with Gasteiger partial charge >= 0.3 is 0 Å². The monoisotopic (exact) mass is 327 g/mol. The minimum absolute atomic E-state index is 0.114. The number of carbonyl (C=O) groups excluding carboxylic acids is 1. The number of hydrogen-bond donors (Lipinski definition) is 0. The molecule has 2 aliphatic rings. The van der Waals surface area contributed by atoms with E-state index in [9.17, 15) is 4.79 Å². The second-order valence-electron chi connectivity index (χ2n) is 7.38. The molecule has 1 amide bonds. The van der Waals surface area contributed by atoms with Crippen LogP contribution >= 0.6 is 0 Å². The zero-order chi connectivity index (χ0) is 16.7. The third kappa shape index (κ3) is 2.55. The standard InChI is InChI=1S/C18H25N5O/c1-20-10-5-18(6-11-20)7-12-23(14-18)17(24)15-13-19-21(2)16(15)22-8-3-4-9-22/h3-4,8-9,13H,5-7,10-12,14H2,1-2H3. The summed E-state index contributed by atoms with van der Waals surface area (Å²) in [4.78, 5) is 17.5. The largest absolute Gasteiger partial charge is 0.338 e. The van der Waals surface area contributed by atoms with Crippen molar-refractivity contribution >= 4 is 5.91 Å². The summed E-state index contributed by atoms with van der Waals surface area (Å²) in [5.41, 5.74) is 1.02. The quantitative estimate of drug-likeness (QED) is 0.844. The van der Waals surface area contributed by atoms with Gasteiger partial charge in [0.15, 0.2) is 0 Å². The molecule has 0 aliphatic carbocycles. The van der Waals surface area contributed by atoms with Crippen molar-refractivity contribution in [3.05, 3.63) is 36.3 Å². The van der Waals surface area contributed by atoms with Gasteiger partial charge in [-0.25, -0.2) is 0 Å². The first-order valence-electron chi connectivity index (χ1n) is 8.71. The summed E-state index contributed by atoms with van der Waals surface area (Å²) >= 11 is 0. The molecule has 24 heavy (non-hydrogen) atoms. The lowest BCUT2D eigenvalue weighted by molar-refractivity contribution is 0.0736. The number of hydrogen-bond acceptors (Lipinski definition) is 3. The maximum Gasteiger partial charge on any atom is 0.259 e. The SMILES string of the molecule is CN1CCC2(CC1)CCN(C(=O)c1cnn(C)c1-n1cccc1)C2. The molecule has 2 aliphatic heterocycles. The van der Waals surface area contributed by atoms with Gasteiger partial charge in [-0.3, -0.25) is 9.48 Å². The Balaban J connectivity index is 1.56. The van der Waals surface area contributed by atoms with Gasteiger partial charge < -0.3 is 14.4 Å². The molecule has 4 heterocycles. The molecule has 2 aromatic rings. The van der Waals surface area contributed by atoms with Gasteiger partial charge in [0.25, 0.3) is 5.91 Å². The number of piperidine rings is 1. The summed E-state index contributed by atoms with van der Waals surface area (Å²) < 4.78 is 3.73. The molecule has 6 heteroatoms. The minimum Gasteiger partial charge on any atom is -0.338 e. The van der Waals surface area contributed by atoms with Crippen molar-refractivity contribution in [1.82, 2.24) is 24.1 Å². The fourth-order valence-corrected chi connectivity index (χ4v) is 4.14. The molecule has 2 fully saturated rings. The molecule has 0 radical (unpaired) electrons. The molecule has 2 aromatic heterocycles. The van der Waals surface area contributed by atoms with E-state index >= 15 is 0 Å². The van der Waals surface area contributed by atoms with E-state index in [0.717, 1.165) is 38.4 Å². The fourth-order valence-electron chi connectivity index (χ4n) is 4.14. The van der Waals surface area contributed by atoms with Gasteiger partial charge in [0.1, 0.15) is 11.4 Å². The lowest BCUT2D eigenvalue weighted by atomic mass is 9.78. The van der Waals surface area contributed by atoms with Crippen molar-refractivity contribution in [2.45, 2.75) is 19.3 Å². The van der Waals surface area contributed by atoms with E-state index in [1.54, 1.807) is 10.9 Å². The molecule has 0 N–H and O–H groups in total. The number of aryl methyl sites for hydroxylation is 1. The third-order valence-electron chi connectivity index (χ3n) is 5.76. The number of amides is 1. The van der Waals surface area contributed by atoms with Crippen LogP contribution < -0.4 is 0 Å². The summed E-state index contributed by atoms with van der Waals surface area (Å²) in [6, 6.07) is 3.93.